The normalized spacial score (nSPS) is 29.0. The number of likely N-dealkylation sites (tertiary alicyclic amines) is 2. The summed E-state index contributed by atoms with van der Waals surface area (Å²) in [5.41, 5.74) is 5.69. The van der Waals surface area contributed by atoms with E-state index in [1.165, 1.54) is 27.7 Å². The number of rotatable bonds is 31. The summed E-state index contributed by atoms with van der Waals surface area (Å²) < 4.78 is 23.7. The van der Waals surface area contributed by atoms with Crippen molar-refractivity contribution in [2.45, 2.75) is 240 Å². The lowest BCUT2D eigenvalue weighted by atomic mass is 9.95. The fraction of sp³-hybridized carbons (Fsp3) is 0.800. The minimum Gasteiger partial charge on any atom is -0.480 e. The largest absolute Gasteiger partial charge is 0.480 e. The zero-order valence-corrected chi connectivity index (χ0v) is 52.8. The first-order valence-corrected chi connectivity index (χ1v) is 30.3. The molecule has 22 N–H and O–H groups in total. The standard InChI is InChI=1S/C55H93N11O27/c1-19(2)33(59-50(86)36(23(6)72)62-51(87)35(22(5)71)61-47(83)32(56)20(3)69)49(85)64-38(25(8)90-54-39(58-26(9)74)44(41(78)30(18-68)91-54)93-55-43(80)42(79)40(77)29(17-67)92-55)53(89)66-15-11-13-28(66)46(82)63-37(24(7)73)52(88)65-14-10-12-27(65)45(81)60-34(21(4)70)48(84)57-16-31(75)76/h19-25,27-30,32-44,54-55,67-73,77-80H,10-18,56H2,1-9H3,(H,57,84)(H,58,74)(H,59,86)(H,60,81)(H,61,83)(H,62,87)(H,63,82)(H,64,85)(H,75,76)/t20-,21-,22-,23-,24-,25-,27+,28+,29-,30-,32+,33+,34+,35+,36+,37+,38+,39-,40+,41+,42+,43-,44-,54+,55+/m1/s1. The van der Waals surface area contributed by atoms with Gasteiger partial charge in [0, 0.05) is 20.0 Å². The van der Waals surface area contributed by atoms with Gasteiger partial charge in [-0.25, -0.2) is 0 Å². The smallest absolute Gasteiger partial charge is 0.322 e. The van der Waals surface area contributed by atoms with E-state index in [4.69, 9.17) is 29.8 Å². The fourth-order valence-electron chi connectivity index (χ4n) is 10.8. The second-order valence-corrected chi connectivity index (χ2v) is 24.0. The number of aliphatic hydroxyl groups excluding tert-OH is 11. The molecular weight excluding hydrogens is 1250 g/mol. The van der Waals surface area contributed by atoms with E-state index >= 15 is 4.79 Å². The second kappa shape index (κ2) is 35.3. The third-order valence-electron chi connectivity index (χ3n) is 16.1. The molecule has 4 fully saturated rings. The molecule has 4 saturated heterocycles. The Morgan fingerprint density at radius 2 is 0.946 bits per heavy atom. The van der Waals surface area contributed by atoms with E-state index in [1.807, 2.05) is 5.32 Å². The monoisotopic (exact) mass is 1340 g/mol. The Labute approximate surface area is 533 Å². The molecule has 0 aromatic heterocycles. The fourth-order valence-corrected chi connectivity index (χ4v) is 10.8. The van der Waals surface area contributed by atoms with Crippen molar-refractivity contribution in [2.75, 3.05) is 32.8 Å². The quantitative estimate of drug-likeness (QED) is 0.0306. The Balaban J connectivity index is 1.75. The van der Waals surface area contributed by atoms with Crippen LogP contribution in [0.2, 0.25) is 0 Å². The van der Waals surface area contributed by atoms with Gasteiger partial charge in [0.1, 0.15) is 110 Å². The van der Waals surface area contributed by atoms with Crippen LogP contribution in [0.3, 0.4) is 0 Å². The number of carbonyl (C=O) groups excluding carboxylic acids is 10. The summed E-state index contributed by atoms with van der Waals surface area (Å²) in [4.78, 5) is 152. The topological polar surface area (TPSA) is 596 Å². The summed E-state index contributed by atoms with van der Waals surface area (Å²) in [7, 11) is 0. The number of ether oxygens (including phenoxy) is 4. The van der Waals surface area contributed by atoms with E-state index in [-0.39, 0.29) is 38.8 Å². The van der Waals surface area contributed by atoms with Crippen LogP contribution >= 0.6 is 0 Å². The van der Waals surface area contributed by atoms with Gasteiger partial charge in [-0.3, -0.25) is 52.7 Å². The molecule has 4 aliphatic rings. The predicted octanol–water partition coefficient (Wildman–Crippen LogP) is -11.9. The average molecular weight is 1340 g/mol. The summed E-state index contributed by atoms with van der Waals surface area (Å²) in [5.74, 6) is -13.2. The van der Waals surface area contributed by atoms with Crippen molar-refractivity contribution in [1.82, 2.24) is 52.3 Å². The number of nitrogens with one attached hydrogen (secondary N) is 8. The van der Waals surface area contributed by atoms with E-state index in [0.717, 1.165) is 44.4 Å². The molecule has 4 rings (SSSR count). The predicted molar refractivity (Wildman–Crippen MR) is 311 cm³/mol. The summed E-state index contributed by atoms with van der Waals surface area (Å²) in [5, 5.41) is 144. The molecule has 93 heavy (non-hydrogen) atoms. The average Bonchev–Trinajstić information content (AvgIpc) is 1.80. The van der Waals surface area contributed by atoms with Crippen LogP contribution in [-0.4, -0.2) is 321 Å². The van der Waals surface area contributed by atoms with Crippen molar-refractivity contribution in [2.24, 2.45) is 11.7 Å². The molecule has 10 amide bonds. The van der Waals surface area contributed by atoms with Crippen molar-refractivity contribution >= 4 is 65.0 Å². The number of nitrogens with zero attached hydrogens (tertiary/aromatic N) is 2. The molecule has 38 heteroatoms. The van der Waals surface area contributed by atoms with Crippen LogP contribution in [0.4, 0.5) is 0 Å². The first-order chi connectivity index (χ1) is 43.4. The Bertz CT molecular complexity index is 2600. The zero-order valence-electron chi connectivity index (χ0n) is 52.8. The summed E-state index contributed by atoms with van der Waals surface area (Å²) in [6, 6.07) is -17.2. The van der Waals surface area contributed by atoms with E-state index in [2.05, 4.69) is 37.2 Å². The van der Waals surface area contributed by atoms with Crippen LogP contribution in [0.1, 0.15) is 88.0 Å². The molecule has 0 aliphatic carbocycles. The van der Waals surface area contributed by atoms with Crippen molar-refractivity contribution in [1.29, 1.82) is 0 Å². The maximum absolute atomic E-state index is 15.4. The Morgan fingerprint density at radius 3 is 1.40 bits per heavy atom. The summed E-state index contributed by atoms with van der Waals surface area (Å²) >= 11 is 0. The summed E-state index contributed by atoms with van der Waals surface area (Å²) in [6.45, 7) is 7.52. The molecule has 0 spiro atoms. The highest BCUT2D eigenvalue weighted by Crippen LogP contribution is 2.32. The molecule has 0 aromatic rings. The van der Waals surface area contributed by atoms with Gasteiger partial charge in [-0.2, -0.15) is 0 Å². The number of amides is 10. The molecule has 0 unspecified atom stereocenters. The second-order valence-electron chi connectivity index (χ2n) is 24.0. The number of hydrogen-bond donors (Lipinski definition) is 21. The molecule has 0 bridgehead atoms. The highest BCUT2D eigenvalue weighted by atomic mass is 16.7. The van der Waals surface area contributed by atoms with Crippen molar-refractivity contribution in [3.63, 3.8) is 0 Å². The van der Waals surface area contributed by atoms with Gasteiger partial charge < -0.3 is 138 Å². The molecule has 530 valence electrons. The third-order valence-corrected chi connectivity index (χ3v) is 16.1. The van der Waals surface area contributed by atoms with Crippen LogP contribution < -0.4 is 48.3 Å². The minimum absolute atomic E-state index is 0.00326. The van der Waals surface area contributed by atoms with Gasteiger partial charge in [0.05, 0.1) is 49.8 Å². The van der Waals surface area contributed by atoms with Gasteiger partial charge in [0.25, 0.3) is 0 Å². The van der Waals surface area contributed by atoms with Crippen molar-refractivity contribution in [3.8, 4) is 0 Å². The molecule has 38 nitrogen and oxygen atoms in total. The molecular formula is C55H93N11O27. The number of aliphatic hydroxyl groups is 11. The van der Waals surface area contributed by atoms with E-state index < -0.39 is 243 Å². The number of carbonyl (C=O) groups is 11. The first kappa shape index (κ1) is 79.0. The van der Waals surface area contributed by atoms with Crippen LogP contribution in [0.5, 0.6) is 0 Å². The first-order valence-electron chi connectivity index (χ1n) is 30.3. The summed E-state index contributed by atoms with van der Waals surface area (Å²) in [6.07, 6.45) is -26.7. The van der Waals surface area contributed by atoms with Crippen molar-refractivity contribution < 1.29 is 133 Å². The lowest BCUT2D eigenvalue weighted by Crippen LogP contribution is -2.69. The van der Waals surface area contributed by atoms with Gasteiger partial charge in [-0.1, -0.05) is 13.8 Å². The maximum Gasteiger partial charge on any atom is 0.322 e. The van der Waals surface area contributed by atoms with E-state index in [9.17, 15) is 104 Å². The van der Waals surface area contributed by atoms with E-state index in [1.54, 1.807) is 0 Å². The Hall–Kier alpha value is -6.47. The van der Waals surface area contributed by atoms with Crippen LogP contribution in [-0.2, 0) is 71.7 Å². The number of hydrogen-bond acceptors (Lipinski definition) is 27. The molecule has 4 heterocycles. The molecule has 4 aliphatic heterocycles. The van der Waals surface area contributed by atoms with Gasteiger partial charge in [-0.05, 0) is 73.1 Å². The Morgan fingerprint density at radius 1 is 0.527 bits per heavy atom. The van der Waals surface area contributed by atoms with Gasteiger partial charge in [-0.15, -0.1) is 0 Å². The number of aliphatic carboxylic acids is 1. The van der Waals surface area contributed by atoms with Crippen molar-refractivity contribution in [3.05, 3.63) is 0 Å². The highest BCUT2D eigenvalue weighted by Gasteiger charge is 2.54. The third kappa shape index (κ3) is 20.5. The number of carboxylic acid groups (broad SMARTS) is 1. The van der Waals surface area contributed by atoms with E-state index in [0.29, 0.717) is 0 Å². The Kier molecular flexibility index (Phi) is 30.0. The van der Waals surface area contributed by atoms with Gasteiger partial charge >= 0.3 is 5.97 Å². The molecule has 25 atom stereocenters. The van der Waals surface area contributed by atoms with Crippen LogP contribution in [0.15, 0.2) is 0 Å². The molecule has 0 aromatic carbocycles. The lowest BCUT2D eigenvalue weighted by Gasteiger charge is -2.48. The maximum atomic E-state index is 15.4. The number of nitrogens with two attached hydrogens (primary N) is 1. The van der Waals surface area contributed by atoms with Gasteiger partial charge in [0.15, 0.2) is 12.6 Å². The molecule has 0 radical (unpaired) electrons. The zero-order chi connectivity index (χ0) is 70.4. The van der Waals surface area contributed by atoms with Crippen LogP contribution in [0, 0.1) is 5.92 Å². The SMILES string of the molecule is CC(=O)N[C@H]1[C@@H](O[C@H](C)[C@H](NC(=O)[C@@H](NC(=O)[C@@H](NC(=O)[C@@H](NC(=O)[C@@H](N)[C@@H](C)O)[C@@H](C)O)[C@@H](C)O)C(C)C)C(=O)N2CCC[C@H]2C(=O)N[C@H](C(=O)N2CCC[C@H]2C(=O)N[C@H](C(=O)NCC(=O)O)[C@@H](C)O)[C@@H](C)O)O[C@H](CO)[C@H](O)[C@@H]1O[C@@H]1O[C@H](CO)[C@H](O)[C@H](O)[C@H]1O. The number of carboxylic acids is 1. The minimum atomic E-state index is -2.08. The highest BCUT2D eigenvalue weighted by molar-refractivity contribution is 5.99. The lowest BCUT2D eigenvalue weighted by molar-refractivity contribution is -0.347. The molecule has 0 saturated carbocycles. The van der Waals surface area contributed by atoms with Crippen LogP contribution in [0.25, 0.3) is 0 Å². The van der Waals surface area contributed by atoms with Gasteiger partial charge in [0.2, 0.25) is 59.1 Å².